The molecule has 2 aromatic rings. The highest BCUT2D eigenvalue weighted by Gasteiger charge is 2.32. The van der Waals surface area contributed by atoms with Crippen LogP contribution in [-0.4, -0.2) is 55.8 Å². The van der Waals surface area contributed by atoms with Crippen molar-refractivity contribution in [2.75, 3.05) is 26.2 Å². The molecule has 0 spiro atoms. The van der Waals surface area contributed by atoms with E-state index in [1.807, 2.05) is 26.8 Å². The number of nitrogens with zero attached hydrogens (tertiary/aromatic N) is 2. The predicted molar refractivity (Wildman–Crippen MR) is 118 cm³/mol. The monoisotopic (exact) mass is 450 g/mol. The number of benzene rings is 2. The van der Waals surface area contributed by atoms with Gasteiger partial charge in [0.1, 0.15) is 5.75 Å². The van der Waals surface area contributed by atoms with Crippen molar-refractivity contribution in [1.82, 2.24) is 9.21 Å². The molecule has 8 heteroatoms. The number of amides is 1. The van der Waals surface area contributed by atoms with Crippen molar-refractivity contribution in [2.24, 2.45) is 0 Å². The molecule has 1 aliphatic rings. The third-order valence-corrected chi connectivity index (χ3v) is 7.58. The highest BCUT2D eigenvalue weighted by atomic mass is 35.5. The maximum Gasteiger partial charge on any atom is 0.263 e. The molecular weight excluding hydrogens is 424 g/mol. The average Bonchev–Trinajstić information content (AvgIpc) is 2.71. The summed E-state index contributed by atoms with van der Waals surface area (Å²) >= 11 is 5.96. The molecule has 0 aromatic heterocycles. The van der Waals surface area contributed by atoms with E-state index >= 15 is 0 Å². The fourth-order valence-corrected chi connectivity index (χ4v) is 5.15. The maximum atomic E-state index is 13.0. The lowest BCUT2D eigenvalue weighted by molar-refractivity contribution is -0.139. The molecule has 162 valence electrons. The molecule has 1 heterocycles. The number of carbonyl (C=O) groups excluding carboxylic acids is 1. The summed E-state index contributed by atoms with van der Waals surface area (Å²) in [7, 11) is -3.58. The zero-order valence-corrected chi connectivity index (χ0v) is 19.3. The summed E-state index contributed by atoms with van der Waals surface area (Å²) in [5, 5.41) is 0.611. The average molecular weight is 451 g/mol. The van der Waals surface area contributed by atoms with E-state index in [1.165, 1.54) is 4.31 Å². The van der Waals surface area contributed by atoms with Crippen molar-refractivity contribution in [1.29, 1.82) is 0 Å². The van der Waals surface area contributed by atoms with Crippen molar-refractivity contribution in [3.63, 3.8) is 0 Å². The maximum absolute atomic E-state index is 13.0. The topological polar surface area (TPSA) is 66.9 Å². The first kappa shape index (κ1) is 22.6. The van der Waals surface area contributed by atoms with E-state index in [0.29, 0.717) is 28.8 Å². The van der Waals surface area contributed by atoms with Gasteiger partial charge in [-0.15, -0.1) is 0 Å². The number of aryl methyl sites for hydroxylation is 3. The zero-order valence-electron chi connectivity index (χ0n) is 17.7. The van der Waals surface area contributed by atoms with Crippen LogP contribution >= 0.6 is 11.6 Å². The Morgan fingerprint density at radius 1 is 0.967 bits per heavy atom. The molecule has 0 unspecified atom stereocenters. The lowest BCUT2D eigenvalue weighted by Gasteiger charge is -2.35. The number of rotatable bonds is 5. The van der Waals surface area contributed by atoms with Crippen LogP contribution in [0.4, 0.5) is 0 Å². The third-order valence-electron chi connectivity index (χ3n) is 5.45. The number of ether oxygens (including phenoxy) is 1. The Bertz CT molecular complexity index is 1050. The first-order valence-corrected chi connectivity index (χ1v) is 11.7. The van der Waals surface area contributed by atoms with Crippen LogP contribution in [0, 0.1) is 20.8 Å². The molecular formula is C22H27ClN2O4S. The van der Waals surface area contributed by atoms with Gasteiger partial charge in [0.05, 0.1) is 4.90 Å². The Balaban J connectivity index is 1.62. The largest absolute Gasteiger partial charge is 0.481 e. The molecule has 1 atom stereocenters. The summed E-state index contributed by atoms with van der Waals surface area (Å²) in [6.45, 7) is 8.59. The second-order valence-corrected chi connectivity index (χ2v) is 10.0. The lowest BCUT2D eigenvalue weighted by Crippen LogP contribution is -2.53. The third kappa shape index (κ3) is 4.79. The molecule has 3 rings (SSSR count). The summed E-state index contributed by atoms with van der Waals surface area (Å²) in [4.78, 5) is 14.7. The molecule has 1 fully saturated rings. The SMILES string of the molecule is Cc1ccc(S(=O)(=O)N2CCN(C(=O)[C@@H](C)Oc3ccc(Cl)cc3C)CC2)cc1C. The van der Waals surface area contributed by atoms with E-state index in [-0.39, 0.29) is 19.0 Å². The molecule has 30 heavy (non-hydrogen) atoms. The number of hydrogen-bond acceptors (Lipinski definition) is 4. The van der Waals surface area contributed by atoms with Crippen LogP contribution in [0.15, 0.2) is 41.3 Å². The summed E-state index contributed by atoms with van der Waals surface area (Å²) < 4.78 is 33.2. The van der Waals surface area contributed by atoms with E-state index in [1.54, 1.807) is 42.2 Å². The van der Waals surface area contributed by atoms with Gasteiger partial charge in [-0.1, -0.05) is 17.7 Å². The summed E-state index contributed by atoms with van der Waals surface area (Å²) in [6.07, 6.45) is -0.673. The van der Waals surface area contributed by atoms with Gasteiger partial charge in [-0.05, 0) is 74.7 Å². The van der Waals surface area contributed by atoms with E-state index in [2.05, 4.69) is 0 Å². The number of piperazine rings is 1. The molecule has 1 saturated heterocycles. The summed E-state index contributed by atoms with van der Waals surface area (Å²) in [5.74, 6) is 0.448. The molecule has 0 saturated carbocycles. The number of carbonyl (C=O) groups is 1. The normalized spacial score (nSPS) is 16.4. The van der Waals surface area contributed by atoms with E-state index in [0.717, 1.165) is 16.7 Å². The zero-order chi connectivity index (χ0) is 22.1. The van der Waals surface area contributed by atoms with Crippen molar-refractivity contribution >= 4 is 27.5 Å². The van der Waals surface area contributed by atoms with E-state index < -0.39 is 16.1 Å². The fourth-order valence-electron chi connectivity index (χ4n) is 3.42. The van der Waals surface area contributed by atoms with Gasteiger partial charge in [-0.3, -0.25) is 4.79 Å². The number of sulfonamides is 1. The van der Waals surface area contributed by atoms with E-state index in [9.17, 15) is 13.2 Å². The Kier molecular flexibility index (Phi) is 6.75. The Morgan fingerprint density at radius 3 is 2.23 bits per heavy atom. The van der Waals surface area contributed by atoms with Crippen molar-refractivity contribution in [3.8, 4) is 5.75 Å². The van der Waals surface area contributed by atoms with Crippen LogP contribution in [0.1, 0.15) is 23.6 Å². The molecule has 0 N–H and O–H groups in total. The van der Waals surface area contributed by atoms with Crippen LogP contribution in [0.3, 0.4) is 0 Å². The van der Waals surface area contributed by atoms with Gasteiger partial charge in [0.25, 0.3) is 5.91 Å². The van der Waals surface area contributed by atoms with Gasteiger partial charge < -0.3 is 9.64 Å². The molecule has 0 radical (unpaired) electrons. The van der Waals surface area contributed by atoms with Crippen molar-refractivity contribution in [3.05, 3.63) is 58.1 Å². The second-order valence-electron chi connectivity index (χ2n) is 7.65. The van der Waals surface area contributed by atoms with Gasteiger partial charge in [0.15, 0.2) is 6.10 Å². The molecule has 1 aliphatic heterocycles. The van der Waals surface area contributed by atoms with Gasteiger partial charge in [-0.2, -0.15) is 4.31 Å². The van der Waals surface area contributed by atoms with Crippen molar-refractivity contribution < 1.29 is 17.9 Å². The Hall–Kier alpha value is -2.09. The van der Waals surface area contributed by atoms with Gasteiger partial charge in [0.2, 0.25) is 10.0 Å². The van der Waals surface area contributed by atoms with Crippen LogP contribution in [0.25, 0.3) is 0 Å². The minimum Gasteiger partial charge on any atom is -0.481 e. The number of hydrogen-bond donors (Lipinski definition) is 0. The second kappa shape index (κ2) is 8.96. The lowest BCUT2D eigenvalue weighted by atomic mass is 10.1. The highest BCUT2D eigenvalue weighted by molar-refractivity contribution is 7.89. The van der Waals surface area contributed by atoms with Gasteiger partial charge in [-0.25, -0.2) is 8.42 Å². The quantitative estimate of drug-likeness (QED) is 0.698. The summed E-state index contributed by atoms with van der Waals surface area (Å²) in [5.41, 5.74) is 2.84. The molecule has 1 amide bonds. The standard InChI is InChI=1S/C22H27ClN2O4S/c1-15-5-7-20(14-16(15)2)30(27,28)25-11-9-24(10-12-25)22(26)18(4)29-21-8-6-19(23)13-17(21)3/h5-8,13-14,18H,9-12H2,1-4H3/t18-/m1/s1. The molecule has 0 bridgehead atoms. The van der Waals surface area contributed by atoms with Gasteiger partial charge in [0, 0.05) is 31.2 Å². The molecule has 6 nitrogen and oxygen atoms in total. The number of halogens is 1. The van der Waals surface area contributed by atoms with E-state index in [4.69, 9.17) is 16.3 Å². The van der Waals surface area contributed by atoms with Crippen LogP contribution < -0.4 is 4.74 Å². The van der Waals surface area contributed by atoms with Crippen LogP contribution in [-0.2, 0) is 14.8 Å². The first-order chi connectivity index (χ1) is 14.1. The smallest absolute Gasteiger partial charge is 0.263 e. The molecule has 2 aromatic carbocycles. The minimum atomic E-state index is -3.58. The van der Waals surface area contributed by atoms with Crippen molar-refractivity contribution in [2.45, 2.75) is 38.7 Å². The van der Waals surface area contributed by atoms with Gasteiger partial charge >= 0.3 is 0 Å². The van der Waals surface area contributed by atoms with Crippen LogP contribution in [0.5, 0.6) is 5.75 Å². The minimum absolute atomic E-state index is 0.160. The first-order valence-electron chi connectivity index (χ1n) is 9.88. The summed E-state index contributed by atoms with van der Waals surface area (Å²) in [6, 6.07) is 10.4. The van der Waals surface area contributed by atoms with Crippen LogP contribution in [0.2, 0.25) is 5.02 Å². The highest BCUT2D eigenvalue weighted by Crippen LogP contribution is 2.24. The Labute approximate surface area is 183 Å². The Morgan fingerprint density at radius 2 is 1.63 bits per heavy atom. The predicted octanol–water partition coefficient (Wildman–Crippen LogP) is 3.57. The fraction of sp³-hybridized carbons (Fsp3) is 0.409. The molecule has 0 aliphatic carbocycles.